The third-order valence-electron chi connectivity index (χ3n) is 2.45. The first kappa shape index (κ1) is 10.1. The maximum Gasteiger partial charge on any atom is 0.174 e. The van der Waals surface area contributed by atoms with Crippen LogP contribution in [0.2, 0.25) is 0 Å². The Morgan fingerprint density at radius 2 is 2.00 bits per heavy atom. The van der Waals surface area contributed by atoms with Crippen LogP contribution >= 0.6 is 23.3 Å². The summed E-state index contributed by atoms with van der Waals surface area (Å²) in [6, 6.07) is 7.84. The zero-order chi connectivity index (χ0) is 11.0. The van der Waals surface area contributed by atoms with E-state index in [9.17, 15) is 0 Å². The van der Waals surface area contributed by atoms with Gasteiger partial charge in [0.1, 0.15) is 5.82 Å². The van der Waals surface area contributed by atoms with Gasteiger partial charge in [0.05, 0.1) is 0 Å². The molecule has 1 aliphatic rings. The van der Waals surface area contributed by atoms with Crippen LogP contribution in [0, 0.1) is 0 Å². The van der Waals surface area contributed by atoms with E-state index in [1.807, 2.05) is 24.3 Å². The van der Waals surface area contributed by atoms with Crippen LogP contribution in [0.15, 0.2) is 33.5 Å². The molecular weight excluding hydrogens is 238 g/mol. The number of anilines is 1. The fraction of sp³-hybridized carbons (Fsp3) is 0.273. The minimum Gasteiger partial charge on any atom is -0.399 e. The third kappa shape index (κ3) is 2.20. The van der Waals surface area contributed by atoms with Crippen LogP contribution in [0.1, 0.15) is 24.6 Å². The largest absolute Gasteiger partial charge is 0.399 e. The van der Waals surface area contributed by atoms with E-state index in [1.54, 1.807) is 11.8 Å². The van der Waals surface area contributed by atoms with Gasteiger partial charge in [-0.3, -0.25) is 0 Å². The van der Waals surface area contributed by atoms with Crippen LogP contribution in [0.25, 0.3) is 0 Å². The first-order valence-electron chi connectivity index (χ1n) is 5.18. The molecule has 0 aliphatic heterocycles. The SMILES string of the molecule is Nc1ccc(Sc2nc(C3CC3)ns2)cc1. The van der Waals surface area contributed by atoms with Crippen molar-refractivity contribution >= 4 is 29.0 Å². The monoisotopic (exact) mass is 249 g/mol. The van der Waals surface area contributed by atoms with Gasteiger partial charge in [-0.05, 0) is 48.6 Å². The summed E-state index contributed by atoms with van der Waals surface area (Å²) < 4.78 is 5.40. The molecule has 0 spiro atoms. The van der Waals surface area contributed by atoms with Gasteiger partial charge in [-0.25, -0.2) is 4.98 Å². The number of hydrogen-bond donors (Lipinski definition) is 1. The van der Waals surface area contributed by atoms with Crippen molar-refractivity contribution in [3.63, 3.8) is 0 Å². The maximum atomic E-state index is 5.64. The van der Waals surface area contributed by atoms with E-state index in [0.717, 1.165) is 20.7 Å². The van der Waals surface area contributed by atoms with E-state index < -0.39 is 0 Å². The van der Waals surface area contributed by atoms with Crippen LogP contribution < -0.4 is 5.73 Å². The van der Waals surface area contributed by atoms with E-state index in [2.05, 4.69) is 9.36 Å². The van der Waals surface area contributed by atoms with Crippen molar-refractivity contribution in [2.45, 2.75) is 28.0 Å². The molecule has 3 rings (SSSR count). The molecule has 0 bridgehead atoms. The van der Waals surface area contributed by atoms with Gasteiger partial charge in [0.25, 0.3) is 0 Å². The molecule has 16 heavy (non-hydrogen) atoms. The van der Waals surface area contributed by atoms with Gasteiger partial charge in [0, 0.05) is 16.5 Å². The predicted octanol–water partition coefficient (Wildman–Crippen LogP) is 3.15. The average Bonchev–Trinajstić information content (AvgIpc) is 3.04. The molecule has 2 aromatic rings. The van der Waals surface area contributed by atoms with Gasteiger partial charge in [0.15, 0.2) is 4.34 Å². The van der Waals surface area contributed by atoms with E-state index in [-0.39, 0.29) is 0 Å². The van der Waals surface area contributed by atoms with Crippen LogP contribution in [0.5, 0.6) is 0 Å². The second-order valence-corrected chi connectivity index (χ2v) is 5.94. The summed E-state index contributed by atoms with van der Waals surface area (Å²) >= 11 is 3.14. The molecule has 1 aliphatic carbocycles. The molecule has 0 atom stereocenters. The summed E-state index contributed by atoms with van der Waals surface area (Å²) in [5.74, 6) is 1.67. The lowest BCUT2D eigenvalue weighted by Gasteiger charge is -1.97. The van der Waals surface area contributed by atoms with E-state index in [1.165, 1.54) is 24.4 Å². The number of benzene rings is 1. The van der Waals surface area contributed by atoms with Gasteiger partial charge in [0.2, 0.25) is 0 Å². The highest BCUT2D eigenvalue weighted by atomic mass is 32.2. The molecule has 2 N–H and O–H groups in total. The van der Waals surface area contributed by atoms with E-state index in [4.69, 9.17) is 5.73 Å². The Balaban J connectivity index is 1.75. The minimum atomic E-state index is 0.636. The van der Waals surface area contributed by atoms with Crippen LogP contribution in [0.3, 0.4) is 0 Å². The molecule has 3 nitrogen and oxygen atoms in total. The lowest BCUT2D eigenvalue weighted by Crippen LogP contribution is -1.83. The molecule has 1 fully saturated rings. The topological polar surface area (TPSA) is 51.8 Å². The average molecular weight is 249 g/mol. The van der Waals surface area contributed by atoms with Crippen molar-refractivity contribution in [1.29, 1.82) is 0 Å². The Morgan fingerprint density at radius 3 is 2.69 bits per heavy atom. The molecule has 1 aromatic carbocycles. The lowest BCUT2D eigenvalue weighted by atomic mass is 10.3. The fourth-order valence-electron chi connectivity index (χ4n) is 1.41. The van der Waals surface area contributed by atoms with Crippen molar-refractivity contribution in [3.8, 4) is 0 Å². The zero-order valence-electron chi connectivity index (χ0n) is 8.59. The van der Waals surface area contributed by atoms with E-state index in [0.29, 0.717) is 5.92 Å². The minimum absolute atomic E-state index is 0.636. The van der Waals surface area contributed by atoms with Crippen molar-refractivity contribution in [3.05, 3.63) is 30.1 Å². The second-order valence-electron chi connectivity index (χ2n) is 3.86. The molecule has 0 saturated heterocycles. The van der Waals surface area contributed by atoms with Gasteiger partial charge in [-0.15, -0.1) is 0 Å². The van der Waals surface area contributed by atoms with Gasteiger partial charge >= 0.3 is 0 Å². The summed E-state index contributed by atoms with van der Waals surface area (Å²) in [4.78, 5) is 5.69. The van der Waals surface area contributed by atoms with Crippen LogP contribution in [-0.2, 0) is 0 Å². The second kappa shape index (κ2) is 4.07. The molecular formula is C11H11N3S2. The van der Waals surface area contributed by atoms with E-state index >= 15 is 0 Å². The number of aromatic nitrogens is 2. The fourth-order valence-corrected chi connectivity index (χ4v) is 3.06. The molecule has 0 radical (unpaired) electrons. The molecule has 0 amide bonds. The Bertz CT molecular complexity index is 488. The number of hydrogen-bond acceptors (Lipinski definition) is 5. The normalized spacial score (nSPS) is 15.2. The molecule has 82 valence electrons. The summed E-state index contributed by atoms with van der Waals surface area (Å²) in [6.07, 6.45) is 2.51. The molecule has 1 aromatic heterocycles. The third-order valence-corrected chi connectivity index (χ3v) is 4.22. The summed E-state index contributed by atoms with van der Waals surface area (Å²) in [5, 5.41) is 0. The number of nitrogens with zero attached hydrogens (tertiary/aromatic N) is 2. The van der Waals surface area contributed by atoms with Crippen molar-refractivity contribution < 1.29 is 0 Å². The van der Waals surface area contributed by atoms with Crippen LogP contribution in [0.4, 0.5) is 5.69 Å². The highest BCUT2D eigenvalue weighted by Gasteiger charge is 2.27. The maximum absolute atomic E-state index is 5.64. The van der Waals surface area contributed by atoms with Gasteiger partial charge < -0.3 is 5.73 Å². The van der Waals surface area contributed by atoms with Gasteiger partial charge in [-0.1, -0.05) is 11.8 Å². The summed E-state index contributed by atoms with van der Waals surface area (Å²) in [5.41, 5.74) is 6.43. The molecule has 1 heterocycles. The Morgan fingerprint density at radius 1 is 1.25 bits per heavy atom. The van der Waals surface area contributed by atoms with Crippen molar-refractivity contribution in [2.24, 2.45) is 0 Å². The lowest BCUT2D eigenvalue weighted by molar-refractivity contribution is 0.958. The highest BCUT2D eigenvalue weighted by Crippen LogP contribution is 2.40. The number of nitrogens with two attached hydrogens (primary N) is 1. The highest BCUT2D eigenvalue weighted by molar-refractivity contribution is 8.01. The van der Waals surface area contributed by atoms with Gasteiger partial charge in [-0.2, -0.15) is 4.37 Å². The Hall–Kier alpha value is -1.07. The predicted molar refractivity (Wildman–Crippen MR) is 66.9 cm³/mol. The summed E-state index contributed by atoms with van der Waals surface area (Å²) in [7, 11) is 0. The first-order valence-corrected chi connectivity index (χ1v) is 6.77. The number of nitrogen functional groups attached to an aromatic ring is 1. The quantitative estimate of drug-likeness (QED) is 0.849. The first-order chi connectivity index (χ1) is 7.81. The standard InChI is InChI=1S/C11H11N3S2/c12-8-3-5-9(6-4-8)15-11-13-10(14-16-11)7-1-2-7/h3-7H,1-2,12H2. The van der Waals surface area contributed by atoms with Crippen molar-refractivity contribution in [1.82, 2.24) is 9.36 Å². The number of rotatable bonds is 3. The van der Waals surface area contributed by atoms with Crippen molar-refractivity contribution in [2.75, 3.05) is 5.73 Å². The zero-order valence-corrected chi connectivity index (χ0v) is 10.2. The van der Waals surface area contributed by atoms with Crippen LogP contribution in [-0.4, -0.2) is 9.36 Å². The summed E-state index contributed by atoms with van der Waals surface area (Å²) in [6.45, 7) is 0. The smallest absolute Gasteiger partial charge is 0.174 e. The molecule has 1 saturated carbocycles. The Kier molecular flexibility index (Phi) is 2.57. The molecule has 5 heteroatoms. The molecule has 0 unspecified atom stereocenters. The Labute approximate surface area is 102 Å².